The number of hydrogen-bond donors (Lipinski definition) is 0. The lowest BCUT2D eigenvalue weighted by Gasteiger charge is -2.03. The first kappa shape index (κ1) is 15.5. The summed E-state index contributed by atoms with van der Waals surface area (Å²) in [6.07, 6.45) is 1.68. The molecule has 0 atom stereocenters. The van der Waals surface area contributed by atoms with Crippen molar-refractivity contribution in [2.24, 2.45) is 0 Å². The van der Waals surface area contributed by atoms with Crippen LogP contribution in [0.1, 0.15) is 10.7 Å². The summed E-state index contributed by atoms with van der Waals surface area (Å²) in [5, 5.41) is 6.93. The molecule has 0 saturated heterocycles. The normalized spacial score (nSPS) is 11.1. The van der Waals surface area contributed by atoms with Gasteiger partial charge >= 0.3 is 5.69 Å². The van der Waals surface area contributed by atoms with Crippen molar-refractivity contribution in [3.63, 3.8) is 0 Å². The molecule has 4 aromatic rings. The van der Waals surface area contributed by atoms with Gasteiger partial charge in [0.15, 0.2) is 5.65 Å². The van der Waals surface area contributed by atoms with E-state index in [-0.39, 0.29) is 18.1 Å². The van der Waals surface area contributed by atoms with Gasteiger partial charge in [0, 0.05) is 11.6 Å². The molecule has 8 heteroatoms. The average molecular weight is 356 g/mol. The fourth-order valence-corrected chi connectivity index (χ4v) is 3.08. The molecule has 3 heterocycles. The van der Waals surface area contributed by atoms with Crippen LogP contribution in [0.15, 0.2) is 58.8 Å². The van der Waals surface area contributed by atoms with Crippen molar-refractivity contribution in [2.45, 2.75) is 13.2 Å². The monoisotopic (exact) mass is 356 g/mol. The van der Waals surface area contributed by atoms with Gasteiger partial charge in [0.25, 0.3) is 0 Å². The third-order valence-electron chi connectivity index (χ3n) is 3.58. The maximum atomic E-state index is 12.9. The van der Waals surface area contributed by atoms with Crippen molar-refractivity contribution in [2.75, 3.05) is 0 Å². The molecule has 0 unspecified atom stereocenters. The van der Waals surface area contributed by atoms with E-state index >= 15 is 0 Å². The van der Waals surface area contributed by atoms with Crippen LogP contribution >= 0.6 is 11.3 Å². The lowest BCUT2D eigenvalue weighted by molar-refractivity contribution is 0.304. The minimum absolute atomic E-state index is 0.201. The molecule has 1 aromatic carbocycles. The SMILES string of the molecule is O=c1n(Cc2csc(COc3ccc(F)cc3)n2)nc2ccccn12. The molecule has 0 radical (unpaired) electrons. The van der Waals surface area contributed by atoms with Gasteiger partial charge in [-0.25, -0.2) is 18.9 Å². The third kappa shape index (κ3) is 3.29. The number of benzene rings is 1. The number of halogens is 1. The zero-order valence-electron chi connectivity index (χ0n) is 13.0. The van der Waals surface area contributed by atoms with Crippen molar-refractivity contribution in [3.8, 4) is 5.75 Å². The van der Waals surface area contributed by atoms with E-state index in [1.807, 2.05) is 11.4 Å². The Hall–Kier alpha value is -3.00. The highest BCUT2D eigenvalue weighted by Crippen LogP contribution is 2.16. The van der Waals surface area contributed by atoms with Gasteiger partial charge in [-0.1, -0.05) is 6.07 Å². The van der Waals surface area contributed by atoms with E-state index in [1.54, 1.807) is 30.5 Å². The Balaban J connectivity index is 1.46. The quantitative estimate of drug-likeness (QED) is 0.552. The zero-order valence-corrected chi connectivity index (χ0v) is 13.8. The summed E-state index contributed by atoms with van der Waals surface area (Å²) >= 11 is 1.44. The number of nitrogens with zero attached hydrogens (tertiary/aromatic N) is 4. The van der Waals surface area contributed by atoms with Crippen LogP contribution in [-0.4, -0.2) is 19.2 Å². The topological polar surface area (TPSA) is 61.4 Å². The minimum atomic E-state index is -0.304. The second-order valence-electron chi connectivity index (χ2n) is 5.34. The minimum Gasteiger partial charge on any atom is -0.486 e. The van der Waals surface area contributed by atoms with Gasteiger partial charge in [-0.15, -0.1) is 16.4 Å². The number of rotatable bonds is 5. The van der Waals surface area contributed by atoms with Crippen molar-refractivity contribution in [3.05, 3.63) is 81.0 Å². The van der Waals surface area contributed by atoms with Crippen molar-refractivity contribution in [1.82, 2.24) is 19.2 Å². The van der Waals surface area contributed by atoms with Crippen molar-refractivity contribution >= 4 is 17.0 Å². The van der Waals surface area contributed by atoms with Gasteiger partial charge in [-0.05, 0) is 36.4 Å². The standard InChI is InChI=1S/C17H13FN4O2S/c18-12-4-6-14(7-5-12)24-10-16-19-13(11-25-16)9-22-17(23)21-8-2-1-3-15(21)20-22/h1-8,11H,9-10H2. The summed E-state index contributed by atoms with van der Waals surface area (Å²) in [4.78, 5) is 16.7. The van der Waals surface area contributed by atoms with Gasteiger partial charge in [-0.2, -0.15) is 0 Å². The molecule has 0 aliphatic carbocycles. The predicted octanol–water partition coefficient (Wildman–Crippen LogP) is 2.72. The molecule has 0 amide bonds. The van der Waals surface area contributed by atoms with Crippen LogP contribution in [0.2, 0.25) is 0 Å². The molecule has 6 nitrogen and oxygen atoms in total. The second-order valence-corrected chi connectivity index (χ2v) is 6.29. The summed E-state index contributed by atoms with van der Waals surface area (Å²) in [6.45, 7) is 0.587. The van der Waals surface area contributed by atoms with E-state index in [9.17, 15) is 9.18 Å². The highest BCUT2D eigenvalue weighted by Gasteiger charge is 2.09. The number of fused-ring (bicyclic) bond motifs is 1. The second kappa shape index (κ2) is 6.48. The lowest BCUT2D eigenvalue weighted by atomic mass is 10.3. The van der Waals surface area contributed by atoms with E-state index in [4.69, 9.17) is 4.74 Å². The maximum absolute atomic E-state index is 12.9. The Bertz CT molecular complexity index is 1070. The lowest BCUT2D eigenvalue weighted by Crippen LogP contribution is -2.21. The summed E-state index contributed by atoms with van der Waals surface area (Å²) < 4.78 is 21.3. The number of aromatic nitrogens is 4. The highest BCUT2D eigenvalue weighted by atomic mass is 32.1. The Morgan fingerprint density at radius 3 is 2.80 bits per heavy atom. The molecule has 0 aliphatic heterocycles. The van der Waals surface area contributed by atoms with E-state index in [0.717, 1.165) is 10.7 Å². The molecular weight excluding hydrogens is 343 g/mol. The Labute approximate surface area is 145 Å². The molecule has 0 fully saturated rings. The zero-order chi connectivity index (χ0) is 17.2. The van der Waals surface area contributed by atoms with Crippen LogP contribution < -0.4 is 10.4 Å². The van der Waals surface area contributed by atoms with E-state index in [1.165, 1.54) is 32.6 Å². The largest absolute Gasteiger partial charge is 0.486 e. The van der Waals surface area contributed by atoms with Gasteiger partial charge in [-0.3, -0.25) is 4.40 Å². The van der Waals surface area contributed by atoms with Gasteiger partial charge in [0.05, 0.1) is 12.2 Å². The fourth-order valence-electron chi connectivity index (χ4n) is 2.39. The van der Waals surface area contributed by atoms with Crippen LogP contribution in [0.3, 0.4) is 0 Å². The fraction of sp³-hybridized carbons (Fsp3) is 0.118. The van der Waals surface area contributed by atoms with Crippen molar-refractivity contribution < 1.29 is 9.13 Å². The summed E-state index contributed by atoms with van der Waals surface area (Å²) in [5.41, 5.74) is 1.14. The van der Waals surface area contributed by atoms with Gasteiger partial charge in [0.2, 0.25) is 0 Å². The molecule has 0 bridgehead atoms. The van der Waals surface area contributed by atoms with Crippen LogP contribution in [-0.2, 0) is 13.2 Å². The van der Waals surface area contributed by atoms with Crippen LogP contribution in [0.5, 0.6) is 5.75 Å². The first-order valence-corrected chi connectivity index (χ1v) is 8.43. The Morgan fingerprint density at radius 1 is 1.16 bits per heavy atom. The van der Waals surface area contributed by atoms with Crippen molar-refractivity contribution in [1.29, 1.82) is 0 Å². The smallest absolute Gasteiger partial charge is 0.350 e. The summed E-state index contributed by atoms with van der Waals surface area (Å²) in [7, 11) is 0. The third-order valence-corrected chi connectivity index (χ3v) is 4.45. The van der Waals surface area contributed by atoms with Gasteiger partial charge in [0.1, 0.15) is 23.2 Å². The Kier molecular flexibility index (Phi) is 4.02. The summed E-state index contributed by atoms with van der Waals surface area (Å²) in [5.74, 6) is 0.275. The highest BCUT2D eigenvalue weighted by molar-refractivity contribution is 7.09. The summed E-state index contributed by atoms with van der Waals surface area (Å²) in [6, 6.07) is 11.2. The first-order chi connectivity index (χ1) is 12.2. The Morgan fingerprint density at radius 2 is 2.00 bits per heavy atom. The van der Waals surface area contributed by atoms with E-state index in [2.05, 4.69) is 10.1 Å². The number of pyridine rings is 1. The molecule has 4 rings (SSSR count). The molecule has 0 spiro atoms. The molecule has 126 valence electrons. The predicted molar refractivity (Wildman–Crippen MR) is 91.4 cm³/mol. The molecule has 0 saturated carbocycles. The van der Waals surface area contributed by atoms with Gasteiger partial charge < -0.3 is 4.74 Å². The average Bonchev–Trinajstić information content (AvgIpc) is 3.20. The first-order valence-electron chi connectivity index (χ1n) is 7.55. The molecular formula is C17H13FN4O2S. The van der Waals surface area contributed by atoms with Crippen LogP contribution in [0, 0.1) is 5.82 Å². The van der Waals surface area contributed by atoms with Crippen LogP contribution in [0.4, 0.5) is 4.39 Å². The molecule has 25 heavy (non-hydrogen) atoms. The molecule has 0 N–H and O–H groups in total. The molecule has 0 aliphatic rings. The number of hydrogen-bond acceptors (Lipinski definition) is 5. The number of thiazole rings is 1. The number of ether oxygens (including phenoxy) is 1. The molecule has 3 aromatic heterocycles. The van der Waals surface area contributed by atoms with E-state index < -0.39 is 0 Å². The van der Waals surface area contributed by atoms with Crippen LogP contribution in [0.25, 0.3) is 5.65 Å². The van der Waals surface area contributed by atoms with E-state index in [0.29, 0.717) is 17.9 Å². The maximum Gasteiger partial charge on any atom is 0.350 e.